The highest BCUT2D eigenvalue weighted by atomic mass is 32.2. The van der Waals surface area contributed by atoms with Crippen molar-refractivity contribution in [2.75, 3.05) is 26.7 Å². The zero-order valence-electron chi connectivity index (χ0n) is 17.9. The van der Waals surface area contributed by atoms with Crippen LogP contribution in [-0.4, -0.2) is 50.3 Å². The summed E-state index contributed by atoms with van der Waals surface area (Å²) < 4.78 is 33.8. The summed E-state index contributed by atoms with van der Waals surface area (Å²) in [6.45, 7) is 5.29. The molecule has 0 bridgehead atoms. The second-order valence-electron chi connectivity index (χ2n) is 7.98. The van der Waals surface area contributed by atoms with Gasteiger partial charge in [0, 0.05) is 19.6 Å². The average molecular weight is 431 g/mol. The predicted molar refractivity (Wildman–Crippen MR) is 117 cm³/mol. The molecule has 0 atom stereocenters. The molecule has 0 unspecified atom stereocenters. The Bertz CT molecular complexity index is 968. The third-order valence-corrected chi connectivity index (χ3v) is 7.40. The molecule has 1 saturated heterocycles. The highest BCUT2D eigenvalue weighted by molar-refractivity contribution is 7.89. The van der Waals surface area contributed by atoms with Crippen molar-refractivity contribution in [1.82, 2.24) is 9.21 Å². The van der Waals surface area contributed by atoms with Gasteiger partial charge in [0.15, 0.2) is 0 Å². The fourth-order valence-corrected chi connectivity index (χ4v) is 5.26. The molecule has 1 aliphatic rings. The van der Waals surface area contributed by atoms with Gasteiger partial charge in [-0.15, -0.1) is 0 Å². The molecule has 1 heterocycles. The molecule has 2 aromatic rings. The number of methoxy groups -OCH3 is 1. The van der Waals surface area contributed by atoms with Gasteiger partial charge in [-0.25, -0.2) is 8.42 Å². The fourth-order valence-electron chi connectivity index (χ4n) is 3.65. The number of sulfonamides is 1. The van der Waals surface area contributed by atoms with E-state index in [4.69, 9.17) is 4.74 Å². The van der Waals surface area contributed by atoms with Gasteiger partial charge in [0.25, 0.3) is 0 Å². The Kier molecular flexibility index (Phi) is 7.15. The lowest BCUT2D eigenvalue weighted by Gasteiger charge is -2.32. The molecule has 1 aliphatic heterocycles. The minimum absolute atomic E-state index is 0.0843. The number of carbonyl (C=O) groups is 1. The number of carbonyl (C=O) groups excluding carboxylic acids is 1. The topological polar surface area (TPSA) is 66.9 Å². The van der Waals surface area contributed by atoms with Gasteiger partial charge in [-0.2, -0.15) is 4.31 Å². The maximum absolute atomic E-state index is 13.6. The highest BCUT2D eigenvalue weighted by Crippen LogP contribution is 2.29. The van der Waals surface area contributed by atoms with Crippen LogP contribution in [0.25, 0.3) is 0 Å². The largest absolute Gasteiger partial charge is 0.495 e. The van der Waals surface area contributed by atoms with Crippen LogP contribution in [0.2, 0.25) is 0 Å². The monoisotopic (exact) mass is 430 g/mol. The smallest absolute Gasteiger partial charge is 0.247 e. The van der Waals surface area contributed by atoms with Crippen molar-refractivity contribution in [1.29, 1.82) is 0 Å². The van der Waals surface area contributed by atoms with Crippen LogP contribution in [0, 0.1) is 12.8 Å². The highest BCUT2D eigenvalue weighted by Gasteiger charge is 2.32. The van der Waals surface area contributed by atoms with E-state index in [2.05, 4.69) is 6.92 Å². The van der Waals surface area contributed by atoms with Gasteiger partial charge >= 0.3 is 0 Å². The number of piperidine rings is 1. The second-order valence-corrected chi connectivity index (χ2v) is 9.88. The molecule has 6 nitrogen and oxygen atoms in total. The van der Waals surface area contributed by atoms with Crippen LogP contribution in [0.3, 0.4) is 0 Å². The molecule has 0 saturated carbocycles. The maximum atomic E-state index is 13.6. The van der Waals surface area contributed by atoms with Crippen LogP contribution >= 0.6 is 0 Å². The summed E-state index contributed by atoms with van der Waals surface area (Å²) in [6, 6.07) is 14.4. The van der Waals surface area contributed by atoms with Gasteiger partial charge in [0.05, 0.1) is 13.7 Å². The lowest BCUT2D eigenvalue weighted by atomic mass is 9.99. The van der Waals surface area contributed by atoms with Crippen LogP contribution < -0.4 is 4.74 Å². The molecular weight excluding hydrogens is 400 g/mol. The molecule has 0 N–H and O–H groups in total. The molecule has 1 amide bonds. The Morgan fingerprint density at radius 1 is 1.13 bits per heavy atom. The predicted octanol–water partition coefficient (Wildman–Crippen LogP) is 3.45. The van der Waals surface area contributed by atoms with E-state index in [0.29, 0.717) is 19.0 Å². The van der Waals surface area contributed by atoms with E-state index in [9.17, 15) is 13.2 Å². The van der Waals surface area contributed by atoms with E-state index in [1.54, 1.807) is 23.1 Å². The quantitative estimate of drug-likeness (QED) is 0.675. The van der Waals surface area contributed by atoms with Crippen molar-refractivity contribution in [3.8, 4) is 5.75 Å². The molecule has 1 fully saturated rings. The van der Waals surface area contributed by atoms with Gasteiger partial charge in [-0.3, -0.25) is 4.79 Å². The third kappa shape index (κ3) is 5.21. The van der Waals surface area contributed by atoms with E-state index in [1.165, 1.54) is 11.4 Å². The zero-order valence-corrected chi connectivity index (χ0v) is 18.7. The molecule has 0 radical (unpaired) electrons. The average Bonchev–Trinajstić information content (AvgIpc) is 2.74. The number of benzene rings is 2. The van der Waals surface area contributed by atoms with Crippen molar-refractivity contribution < 1.29 is 17.9 Å². The normalized spacial score (nSPS) is 15.4. The number of aryl methyl sites for hydroxylation is 1. The Balaban J connectivity index is 1.92. The zero-order chi connectivity index (χ0) is 21.7. The molecule has 3 rings (SSSR count). The fraction of sp³-hybridized carbons (Fsp3) is 0.435. The van der Waals surface area contributed by atoms with E-state index in [1.807, 2.05) is 37.3 Å². The van der Waals surface area contributed by atoms with Gasteiger partial charge in [-0.05, 0) is 48.9 Å². The summed E-state index contributed by atoms with van der Waals surface area (Å²) in [5.41, 5.74) is 1.64. The number of hydrogen-bond acceptors (Lipinski definition) is 4. The Morgan fingerprint density at radius 2 is 1.80 bits per heavy atom. The van der Waals surface area contributed by atoms with Crippen molar-refractivity contribution in [2.24, 2.45) is 5.92 Å². The summed E-state index contributed by atoms with van der Waals surface area (Å²) in [7, 11) is -2.50. The first-order valence-corrected chi connectivity index (χ1v) is 11.7. The first-order chi connectivity index (χ1) is 14.3. The van der Waals surface area contributed by atoms with Crippen molar-refractivity contribution in [2.45, 2.75) is 38.1 Å². The molecule has 0 spiro atoms. The van der Waals surface area contributed by atoms with Crippen LogP contribution in [-0.2, 0) is 21.4 Å². The van der Waals surface area contributed by atoms with E-state index >= 15 is 0 Å². The van der Waals surface area contributed by atoms with Gasteiger partial charge in [0.1, 0.15) is 10.6 Å². The Labute approximate surface area is 179 Å². The molecule has 30 heavy (non-hydrogen) atoms. The molecule has 7 heteroatoms. The molecule has 0 aliphatic carbocycles. The van der Waals surface area contributed by atoms with Gasteiger partial charge in [-0.1, -0.05) is 43.3 Å². The SMILES string of the molecule is COc1ccc(C)cc1S(=O)(=O)N(CC(=O)N1CCC(C)CC1)Cc1ccccc1. The minimum atomic E-state index is -3.95. The number of rotatable bonds is 7. The number of amides is 1. The summed E-state index contributed by atoms with van der Waals surface area (Å²) in [6.07, 6.45) is 1.89. The molecule has 2 aromatic carbocycles. The molecular formula is C23H30N2O4S. The summed E-state index contributed by atoms with van der Waals surface area (Å²) in [5.74, 6) is 0.709. The summed E-state index contributed by atoms with van der Waals surface area (Å²) >= 11 is 0. The van der Waals surface area contributed by atoms with Gasteiger partial charge < -0.3 is 9.64 Å². The van der Waals surface area contributed by atoms with Crippen molar-refractivity contribution in [3.63, 3.8) is 0 Å². The van der Waals surface area contributed by atoms with Crippen LogP contribution in [0.4, 0.5) is 0 Å². The number of likely N-dealkylation sites (tertiary alicyclic amines) is 1. The van der Waals surface area contributed by atoms with E-state index in [0.717, 1.165) is 24.0 Å². The molecule has 162 valence electrons. The van der Waals surface area contributed by atoms with E-state index < -0.39 is 10.0 Å². The number of nitrogens with zero attached hydrogens (tertiary/aromatic N) is 2. The number of hydrogen-bond donors (Lipinski definition) is 0. The lowest BCUT2D eigenvalue weighted by Crippen LogP contribution is -2.45. The van der Waals surface area contributed by atoms with Crippen LogP contribution in [0.1, 0.15) is 30.9 Å². The van der Waals surface area contributed by atoms with Gasteiger partial charge in [0.2, 0.25) is 15.9 Å². The standard InChI is InChI=1S/C23H30N2O4S/c1-18-11-13-24(14-12-18)23(26)17-25(16-20-7-5-4-6-8-20)30(27,28)22-15-19(2)9-10-21(22)29-3/h4-10,15,18H,11-14,16-17H2,1-3H3. The third-order valence-electron chi connectivity index (χ3n) is 5.59. The maximum Gasteiger partial charge on any atom is 0.247 e. The van der Waals surface area contributed by atoms with Crippen molar-refractivity contribution >= 4 is 15.9 Å². The second kappa shape index (κ2) is 9.62. The lowest BCUT2D eigenvalue weighted by molar-refractivity contribution is -0.132. The van der Waals surface area contributed by atoms with Crippen LogP contribution in [0.15, 0.2) is 53.4 Å². The summed E-state index contributed by atoms with van der Waals surface area (Å²) in [4.78, 5) is 14.9. The summed E-state index contributed by atoms with van der Waals surface area (Å²) in [5, 5.41) is 0. The first-order valence-electron chi connectivity index (χ1n) is 10.3. The van der Waals surface area contributed by atoms with E-state index in [-0.39, 0.29) is 29.6 Å². The molecule has 0 aromatic heterocycles. The Hall–Kier alpha value is -2.38. The van der Waals surface area contributed by atoms with Crippen LogP contribution in [0.5, 0.6) is 5.75 Å². The first kappa shape index (κ1) is 22.3. The Morgan fingerprint density at radius 3 is 2.43 bits per heavy atom. The number of ether oxygens (including phenoxy) is 1. The van der Waals surface area contributed by atoms with Crippen molar-refractivity contribution in [3.05, 3.63) is 59.7 Å². The minimum Gasteiger partial charge on any atom is -0.495 e.